The Bertz CT molecular complexity index is 777. The number of nitrogens with zero attached hydrogens (tertiary/aromatic N) is 2. The Balaban J connectivity index is 1.52. The Labute approximate surface area is 144 Å². The first-order chi connectivity index (χ1) is 12.1. The maximum atomic E-state index is 12.0. The molecule has 1 aliphatic rings. The Hall–Kier alpha value is -2.55. The summed E-state index contributed by atoms with van der Waals surface area (Å²) in [6.45, 7) is 2.29. The van der Waals surface area contributed by atoms with Crippen molar-refractivity contribution < 1.29 is 19.0 Å². The summed E-state index contributed by atoms with van der Waals surface area (Å²) in [5.41, 5.74) is 0.539. The number of carbonyl (C=O) groups is 1. The first-order valence-corrected chi connectivity index (χ1v) is 7.87. The zero-order chi connectivity index (χ0) is 17.6. The lowest BCUT2D eigenvalue weighted by Gasteiger charge is -2.14. The molecule has 2 aromatic rings. The molecule has 1 saturated heterocycles. The smallest absolute Gasteiger partial charge is 0.351 e. The molecule has 1 amide bonds. The van der Waals surface area contributed by atoms with E-state index >= 15 is 0 Å². The summed E-state index contributed by atoms with van der Waals surface area (Å²) in [6.07, 6.45) is 0.398. The topological polar surface area (TPSA) is 91.7 Å². The minimum Gasteiger partial charge on any atom is -0.371 e. The van der Waals surface area contributed by atoms with E-state index in [1.807, 2.05) is 30.3 Å². The van der Waals surface area contributed by atoms with E-state index in [-0.39, 0.29) is 24.9 Å². The first kappa shape index (κ1) is 17.3. The lowest BCUT2D eigenvalue weighted by molar-refractivity contribution is -0.118. The van der Waals surface area contributed by atoms with Crippen LogP contribution in [0, 0.1) is 0 Å². The monoisotopic (exact) mass is 345 g/mol. The number of benzene rings is 1. The molecular weight excluding hydrogens is 326 g/mol. The number of rotatable bonds is 6. The van der Waals surface area contributed by atoms with Gasteiger partial charge in [-0.05, 0) is 11.6 Å². The predicted octanol–water partition coefficient (Wildman–Crippen LogP) is 1.29. The lowest BCUT2D eigenvalue weighted by Crippen LogP contribution is -2.29. The highest BCUT2D eigenvalue weighted by Crippen LogP contribution is 2.20. The second-order valence-electron chi connectivity index (χ2n) is 5.54. The molecule has 2 atom stereocenters. The van der Waals surface area contributed by atoms with Crippen molar-refractivity contribution in [2.45, 2.75) is 26.0 Å². The van der Waals surface area contributed by atoms with Gasteiger partial charge in [-0.2, -0.15) is 4.98 Å². The molecule has 1 aromatic heterocycles. The summed E-state index contributed by atoms with van der Waals surface area (Å²) in [4.78, 5) is 26.8. The van der Waals surface area contributed by atoms with Gasteiger partial charge in [-0.25, -0.2) is 4.79 Å². The normalized spacial score (nSPS) is 19.7. The van der Waals surface area contributed by atoms with Gasteiger partial charge in [0.2, 0.25) is 5.91 Å². The predicted molar refractivity (Wildman–Crippen MR) is 88.8 cm³/mol. The van der Waals surface area contributed by atoms with Crippen molar-refractivity contribution in [3.05, 3.63) is 58.6 Å². The summed E-state index contributed by atoms with van der Waals surface area (Å²) in [5, 5.41) is 2.46. The van der Waals surface area contributed by atoms with Gasteiger partial charge in [-0.3, -0.25) is 9.36 Å². The summed E-state index contributed by atoms with van der Waals surface area (Å²) in [5.74, 6) is -0.0869. The molecular formula is C17H19N3O5. The molecule has 1 fully saturated rings. The third kappa shape index (κ3) is 4.72. The van der Waals surface area contributed by atoms with E-state index in [0.29, 0.717) is 6.61 Å². The average molecular weight is 345 g/mol. The largest absolute Gasteiger partial charge is 0.371 e. The van der Waals surface area contributed by atoms with Gasteiger partial charge in [0.1, 0.15) is 5.82 Å². The molecule has 0 aliphatic carbocycles. The summed E-state index contributed by atoms with van der Waals surface area (Å²) in [6, 6.07) is 11.3. The highest BCUT2D eigenvalue weighted by atomic mass is 16.7. The molecule has 3 rings (SSSR count). The number of ether oxygens (including phenoxy) is 3. The number of carbonyl (C=O) groups excluding carboxylic acids is 1. The van der Waals surface area contributed by atoms with Crippen molar-refractivity contribution >= 4 is 11.7 Å². The van der Waals surface area contributed by atoms with Crippen molar-refractivity contribution in [3.63, 3.8) is 0 Å². The van der Waals surface area contributed by atoms with Crippen molar-refractivity contribution in [2.24, 2.45) is 0 Å². The highest BCUT2D eigenvalue weighted by molar-refractivity contribution is 5.87. The summed E-state index contributed by atoms with van der Waals surface area (Å²) >= 11 is 0. The van der Waals surface area contributed by atoms with Gasteiger partial charge in [0.25, 0.3) is 0 Å². The molecule has 0 saturated carbocycles. The molecule has 0 radical (unpaired) electrons. The van der Waals surface area contributed by atoms with Gasteiger partial charge < -0.3 is 19.5 Å². The molecule has 8 heteroatoms. The third-order valence-corrected chi connectivity index (χ3v) is 3.54. The number of amides is 1. The fourth-order valence-corrected chi connectivity index (χ4v) is 2.41. The SMILES string of the molecule is CC(=O)Nc1ccn([C@@H]2CO[C@H](COCc3ccccc3)O2)c(=O)n1. The van der Waals surface area contributed by atoms with Crippen LogP contribution in [0.5, 0.6) is 0 Å². The maximum absolute atomic E-state index is 12.0. The van der Waals surface area contributed by atoms with Crippen molar-refractivity contribution in [1.29, 1.82) is 0 Å². The van der Waals surface area contributed by atoms with Gasteiger partial charge in [-0.1, -0.05) is 30.3 Å². The highest BCUT2D eigenvalue weighted by Gasteiger charge is 2.28. The van der Waals surface area contributed by atoms with Crippen molar-refractivity contribution in [1.82, 2.24) is 9.55 Å². The summed E-state index contributed by atoms with van der Waals surface area (Å²) < 4.78 is 18.1. The second-order valence-corrected chi connectivity index (χ2v) is 5.54. The minimum absolute atomic E-state index is 0.204. The quantitative estimate of drug-likeness (QED) is 0.848. The van der Waals surface area contributed by atoms with Crippen LogP contribution < -0.4 is 11.0 Å². The van der Waals surface area contributed by atoms with Crippen LogP contribution in [-0.2, 0) is 25.6 Å². The molecule has 0 unspecified atom stereocenters. The standard InChI is InChI=1S/C17H19N3O5/c1-12(21)18-14-7-8-20(17(22)19-14)15-10-24-16(25-15)11-23-9-13-5-3-2-4-6-13/h2-8,15-16H,9-11H2,1H3,(H,18,19,21,22)/t15-,16-/m0/s1. The molecule has 132 valence electrons. The Kier molecular flexibility index (Phi) is 5.54. The molecule has 0 spiro atoms. The van der Waals surface area contributed by atoms with Gasteiger partial charge in [0.05, 0.1) is 19.8 Å². The van der Waals surface area contributed by atoms with E-state index in [4.69, 9.17) is 14.2 Å². The fourth-order valence-electron chi connectivity index (χ4n) is 2.41. The van der Waals surface area contributed by atoms with E-state index in [9.17, 15) is 9.59 Å². The molecule has 8 nitrogen and oxygen atoms in total. The van der Waals surface area contributed by atoms with E-state index in [1.165, 1.54) is 23.8 Å². The van der Waals surface area contributed by atoms with E-state index in [2.05, 4.69) is 10.3 Å². The number of anilines is 1. The van der Waals surface area contributed by atoms with Gasteiger partial charge >= 0.3 is 5.69 Å². The second kappa shape index (κ2) is 8.02. The molecule has 1 N–H and O–H groups in total. The van der Waals surface area contributed by atoms with Crippen LogP contribution >= 0.6 is 0 Å². The molecule has 1 aliphatic heterocycles. The third-order valence-electron chi connectivity index (χ3n) is 3.54. The first-order valence-electron chi connectivity index (χ1n) is 7.87. The number of aromatic nitrogens is 2. The average Bonchev–Trinajstić information content (AvgIpc) is 3.04. The van der Waals surface area contributed by atoms with E-state index in [1.54, 1.807) is 0 Å². The van der Waals surface area contributed by atoms with Crippen molar-refractivity contribution in [3.8, 4) is 0 Å². The van der Waals surface area contributed by atoms with Crippen LogP contribution in [0.3, 0.4) is 0 Å². The summed E-state index contributed by atoms with van der Waals surface area (Å²) in [7, 11) is 0. The Morgan fingerprint density at radius 3 is 2.88 bits per heavy atom. The molecule has 0 bridgehead atoms. The number of hydrogen-bond acceptors (Lipinski definition) is 6. The van der Waals surface area contributed by atoms with Crippen LogP contribution in [0.2, 0.25) is 0 Å². The zero-order valence-corrected chi connectivity index (χ0v) is 13.8. The van der Waals surface area contributed by atoms with Crippen LogP contribution in [-0.4, -0.2) is 35.0 Å². The number of nitrogens with one attached hydrogen (secondary N) is 1. The van der Waals surface area contributed by atoms with E-state index in [0.717, 1.165) is 5.56 Å². The van der Waals surface area contributed by atoms with Crippen LogP contribution in [0.25, 0.3) is 0 Å². The van der Waals surface area contributed by atoms with Crippen molar-refractivity contribution in [2.75, 3.05) is 18.5 Å². The lowest BCUT2D eigenvalue weighted by atomic mass is 10.2. The number of hydrogen-bond donors (Lipinski definition) is 1. The zero-order valence-electron chi connectivity index (χ0n) is 13.8. The maximum Gasteiger partial charge on any atom is 0.351 e. The van der Waals surface area contributed by atoms with Gasteiger partial charge in [0.15, 0.2) is 12.5 Å². The fraction of sp³-hybridized carbons (Fsp3) is 0.353. The molecule has 25 heavy (non-hydrogen) atoms. The Morgan fingerprint density at radius 1 is 1.36 bits per heavy atom. The van der Waals surface area contributed by atoms with Gasteiger partial charge in [-0.15, -0.1) is 0 Å². The van der Waals surface area contributed by atoms with Crippen LogP contribution in [0.1, 0.15) is 18.7 Å². The van der Waals surface area contributed by atoms with E-state index < -0.39 is 18.2 Å². The molecule has 2 heterocycles. The van der Waals surface area contributed by atoms with Crippen LogP contribution in [0.15, 0.2) is 47.4 Å². The molecule has 1 aromatic carbocycles. The van der Waals surface area contributed by atoms with Crippen LogP contribution in [0.4, 0.5) is 5.82 Å². The Morgan fingerprint density at radius 2 is 2.16 bits per heavy atom. The van der Waals surface area contributed by atoms with Gasteiger partial charge in [0, 0.05) is 13.1 Å². The minimum atomic E-state index is -0.572.